The number of aliphatic imine (C=N–C) groups is 1. The third-order valence-electron chi connectivity index (χ3n) is 3.38. The second kappa shape index (κ2) is 7.84. The number of aryl methyl sites for hydroxylation is 1. The van der Waals surface area contributed by atoms with E-state index in [0.717, 1.165) is 25.5 Å². The van der Waals surface area contributed by atoms with Gasteiger partial charge in [0.15, 0.2) is 5.96 Å². The standard InChI is InChI=1S/C17H23N3S/c1-14-6-4-7-15(12-14)13-19-17(18-2)20(3)10-9-16-8-5-11-21-16/h4-8,11-12H,9-10,13H2,1-3H3,(H,18,19). The molecule has 1 heterocycles. The second-order valence-electron chi connectivity index (χ2n) is 5.14. The maximum Gasteiger partial charge on any atom is 0.193 e. The molecule has 0 atom stereocenters. The monoisotopic (exact) mass is 301 g/mol. The van der Waals surface area contributed by atoms with Gasteiger partial charge in [-0.05, 0) is 30.4 Å². The van der Waals surface area contributed by atoms with Gasteiger partial charge in [-0.2, -0.15) is 0 Å². The molecule has 0 aliphatic carbocycles. The van der Waals surface area contributed by atoms with Crippen LogP contribution in [0.2, 0.25) is 0 Å². The van der Waals surface area contributed by atoms with Crippen LogP contribution in [0.1, 0.15) is 16.0 Å². The van der Waals surface area contributed by atoms with Gasteiger partial charge >= 0.3 is 0 Å². The highest BCUT2D eigenvalue weighted by molar-refractivity contribution is 7.09. The summed E-state index contributed by atoms with van der Waals surface area (Å²) in [7, 11) is 3.92. The molecule has 0 saturated carbocycles. The lowest BCUT2D eigenvalue weighted by Gasteiger charge is -2.22. The van der Waals surface area contributed by atoms with Gasteiger partial charge in [-0.3, -0.25) is 4.99 Å². The van der Waals surface area contributed by atoms with Gasteiger partial charge in [-0.1, -0.05) is 35.9 Å². The van der Waals surface area contributed by atoms with Crippen LogP contribution >= 0.6 is 11.3 Å². The van der Waals surface area contributed by atoms with Crippen LogP contribution in [0.25, 0.3) is 0 Å². The first-order valence-electron chi connectivity index (χ1n) is 7.19. The summed E-state index contributed by atoms with van der Waals surface area (Å²) < 4.78 is 0. The van der Waals surface area contributed by atoms with Crippen molar-refractivity contribution in [3.05, 3.63) is 57.8 Å². The first kappa shape index (κ1) is 15.6. The molecule has 112 valence electrons. The van der Waals surface area contributed by atoms with E-state index in [0.29, 0.717) is 0 Å². The zero-order valence-electron chi connectivity index (χ0n) is 13.0. The van der Waals surface area contributed by atoms with Gasteiger partial charge < -0.3 is 10.2 Å². The summed E-state index contributed by atoms with van der Waals surface area (Å²) in [6, 6.07) is 12.8. The summed E-state index contributed by atoms with van der Waals surface area (Å²) in [5.74, 6) is 0.938. The minimum absolute atomic E-state index is 0.803. The van der Waals surface area contributed by atoms with Crippen LogP contribution in [0.5, 0.6) is 0 Å². The van der Waals surface area contributed by atoms with Gasteiger partial charge in [0.2, 0.25) is 0 Å². The van der Waals surface area contributed by atoms with Gasteiger partial charge in [0, 0.05) is 32.1 Å². The fourth-order valence-corrected chi connectivity index (χ4v) is 2.92. The molecule has 0 fully saturated rings. The minimum Gasteiger partial charge on any atom is -0.352 e. The molecule has 4 heteroatoms. The molecule has 0 radical (unpaired) electrons. The van der Waals surface area contributed by atoms with Crippen molar-refractivity contribution < 1.29 is 0 Å². The molecule has 0 amide bonds. The molecular formula is C17H23N3S. The first-order valence-corrected chi connectivity index (χ1v) is 8.06. The van der Waals surface area contributed by atoms with Crippen molar-refractivity contribution in [2.75, 3.05) is 20.6 Å². The van der Waals surface area contributed by atoms with Gasteiger partial charge in [-0.15, -0.1) is 11.3 Å². The van der Waals surface area contributed by atoms with E-state index in [1.54, 1.807) is 0 Å². The third-order valence-corrected chi connectivity index (χ3v) is 4.32. The number of guanidine groups is 1. The Kier molecular flexibility index (Phi) is 5.81. The topological polar surface area (TPSA) is 27.6 Å². The minimum atomic E-state index is 0.803. The van der Waals surface area contributed by atoms with E-state index in [-0.39, 0.29) is 0 Å². The number of hydrogen-bond donors (Lipinski definition) is 1. The third kappa shape index (κ3) is 4.90. The summed E-state index contributed by atoms with van der Waals surface area (Å²) in [4.78, 5) is 7.95. The van der Waals surface area contributed by atoms with E-state index in [4.69, 9.17) is 0 Å². The van der Waals surface area contributed by atoms with E-state index < -0.39 is 0 Å². The molecule has 0 unspecified atom stereocenters. The molecule has 1 N–H and O–H groups in total. The predicted octanol–water partition coefficient (Wildman–Crippen LogP) is 3.31. The summed E-state index contributed by atoms with van der Waals surface area (Å²) in [6.45, 7) is 3.89. The summed E-state index contributed by atoms with van der Waals surface area (Å²) in [6.07, 6.45) is 1.05. The Bertz CT molecular complexity index is 575. The fraction of sp³-hybridized carbons (Fsp3) is 0.353. The van der Waals surface area contributed by atoms with Crippen molar-refractivity contribution in [3.8, 4) is 0 Å². The largest absolute Gasteiger partial charge is 0.352 e. The Balaban J connectivity index is 1.84. The van der Waals surface area contributed by atoms with Gasteiger partial charge in [0.1, 0.15) is 0 Å². The highest BCUT2D eigenvalue weighted by atomic mass is 32.1. The lowest BCUT2D eigenvalue weighted by Crippen LogP contribution is -2.39. The number of benzene rings is 1. The number of thiophene rings is 1. The highest BCUT2D eigenvalue weighted by Gasteiger charge is 2.06. The van der Waals surface area contributed by atoms with Crippen molar-refractivity contribution in [1.82, 2.24) is 10.2 Å². The predicted molar refractivity (Wildman–Crippen MR) is 92.0 cm³/mol. The summed E-state index contributed by atoms with van der Waals surface area (Å²) in [5.41, 5.74) is 2.57. The van der Waals surface area contributed by atoms with E-state index in [9.17, 15) is 0 Å². The number of nitrogens with zero attached hydrogens (tertiary/aromatic N) is 2. The van der Waals surface area contributed by atoms with Crippen molar-refractivity contribution in [2.24, 2.45) is 4.99 Å². The van der Waals surface area contributed by atoms with E-state index in [1.807, 2.05) is 18.4 Å². The lowest BCUT2D eigenvalue weighted by atomic mass is 10.1. The van der Waals surface area contributed by atoms with Crippen molar-refractivity contribution in [3.63, 3.8) is 0 Å². The van der Waals surface area contributed by atoms with Gasteiger partial charge in [0.25, 0.3) is 0 Å². The SMILES string of the molecule is CN=C(NCc1cccc(C)c1)N(C)CCc1cccs1. The molecule has 21 heavy (non-hydrogen) atoms. The molecular weight excluding hydrogens is 278 g/mol. The van der Waals surface area contributed by atoms with Crippen LogP contribution in [-0.2, 0) is 13.0 Å². The maximum absolute atomic E-state index is 4.36. The molecule has 0 aliphatic heterocycles. The number of likely N-dealkylation sites (N-methyl/N-ethyl adjacent to an activating group) is 1. The Morgan fingerprint density at radius 1 is 1.29 bits per heavy atom. The molecule has 0 spiro atoms. The first-order chi connectivity index (χ1) is 10.2. The summed E-state index contributed by atoms with van der Waals surface area (Å²) >= 11 is 1.81. The van der Waals surface area contributed by atoms with E-state index in [1.165, 1.54) is 16.0 Å². The van der Waals surface area contributed by atoms with E-state index in [2.05, 4.69) is 71.0 Å². The molecule has 2 aromatic rings. The fourth-order valence-electron chi connectivity index (χ4n) is 2.23. The quantitative estimate of drug-likeness (QED) is 0.678. The Morgan fingerprint density at radius 2 is 2.14 bits per heavy atom. The molecule has 0 aliphatic rings. The second-order valence-corrected chi connectivity index (χ2v) is 6.17. The normalized spacial score (nSPS) is 11.5. The molecule has 0 bridgehead atoms. The van der Waals surface area contributed by atoms with Gasteiger partial charge in [0.05, 0.1) is 0 Å². The smallest absolute Gasteiger partial charge is 0.193 e. The zero-order valence-corrected chi connectivity index (χ0v) is 13.8. The van der Waals surface area contributed by atoms with Gasteiger partial charge in [-0.25, -0.2) is 0 Å². The van der Waals surface area contributed by atoms with Crippen molar-refractivity contribution >= 4 is 17.3 Å². The van der Waals surface area contributed by atoms with Crippen LogP contribution in [-0.4, -0.2) is 31.5 Å². The highest BCUT2D eigenvalue weighted by Crippen LogP contribution is 2.09. The molecule has 0 saturated heterocycles. The van der Waals surface area contributed by atoms with Crippen LogP contribution < -0.4 is 5.32 Å². The average molecular weight is 301 g/mol. The number of rotatable bonds is 5. The Labute approximate surface area is 131 Å². The van der Waals surface area contributed by atoms with E-state index >= 15 is 0 Å². The van der Waals surface area contributed by atoms with Crippen LogP contribution in [0.15, 0.2) is 46.8 Å². The van der Waals surface area contributed by atoms with Crippen LogP contribution in [0.3, 0.4) is 0 Å². The zero-order chi connectivity index (χ0) is 15.1. The molecule has 2 rings (SSSR count). The summed E-state index contributed by atoms with van der Waals surface area (Å²) in [5, 5.41) is 5.55. The van der Waals surface area contributed by atoms with Crippen molar-refractivity contribution in [2.45, 2.75) is 19.9 Å². The lowest BCUT2D eigenvalue weighted by molar-refractivity contribution is 0.486. The number of nitrogens with one attached hydrogen (secondary N) is 1. The average Bonchev–Trinajstić information content (AvgIpc) is 2.99. The van der Waals surface area contributed by atoms with Crippen LogP contribution in [0, 0.1) is 6.92 Å². The Morgan fingerprint density at radius 3 is 2.81 bits per heavy atom. The molecule has 1 aromatic carbocycles. The Hall–Kier alpha value is -1.81. The molecule has 1 aromatic heterocycles. The maximum atomic E-state index is 4.36. The van der Waals surface area contributed by atoms with Crippen LogP contribution in [0.4, 0.5) is 0 Å². The van der Waals surface area contributed by atoms with Crippen molar-refractivity contribution in [1.29, 1.82) is 0 Å². The molecule has 3 nitrogen and oxygen atoms in total. The number of hydrogen-bond acceptors (Lipinski definition) is 2.